The summed E-state index contributed by atoms with van der Waals surface area (Å²) in [5, 5.41) is 4.61. The van der Waals surface area contributed by atoms with Crippen molar-refractivity contribution in [3.8, 4) is 0 Å². The topological polar surface area (TPSA) is 24.9 Å². The van der Waals surface area contributed by atoms with Gasteiger partial charge in [0.2, 0.25) is 0 Å². The van der Waals surface area contributed by atoms with Crippen molar-refractivity contribution in [2.24, 2.45) is 0 Å². The molecule has 1 unspecified atom stereocenters. The first-order chi connectivity index (χ1) is 9.77. The molecule has 1 aromatic carbocycles. The van der Waals surface area contributed by atoms with Crippen LogP contribution in [-0.4, -0.2) is 4.98 Å². The van der Waals surface area contributed by atoms with E-state index in [2.05, 4.69) is 39.9 Å². The second kappa shape index (κ2) is 6.24. The zero-order chi connectivity index (χ0) is 15.6. The molecule has 114 valence electrons. The molecule has 0 radical (unpaired) electrons. The quantitative estimate of drug-likeness (QED) is 0.882. The average Bonchev–Trinajstić information content (AvgIpc) is 2.78. The van der Waals surface area contributed by atoms with Crippen LogP contribution in [0.3, 0.4) is 0 Å². The van der Waals surface area contributed by atoms with Gasteiger partial charge in [-0.15, -0.1) is 11.3 Å². The zero-order valence-electron chi connectivity index (χ0n) is 13.3. The third-order valence-electron chi connectivity index (χ3n) is 3.37. The summed E-state index contributed by atoms with van der Waals surface area (Å²) in [6.07, 6.45) is 0. The van der Waals surface area contributed by atoms with E-state index in [9.17, 15) is 4.39 Å². The first kappa shape index (κ1) is 16.1. The molecule has 1 heterocycles. The maximum atomic E-state index is 13.2. The van der Waals surface area contributed by atoms with Gasteiger partial charge in [0.15, 0.2) is 0 Å². The molecule has 0 saturated heterocycles. The van der Waals surface area contributed by atoms with Crippen LogP contribution in [0.2, 0.25) is 0 Å². The van der Waals surface area contributed by atoms with Gasteiger partial charge in [-0.3, -0.25) is 0 Å². The van der Waals surface area contributed by atoms with E-state index in [-0.39, 0.29) is 17.3 Å². The molecule has 21 heavy (non-hydrogen) atoms. The van der Waals surface area contributed by atoms with Crippen molar-refractivity contribution in [3.63, 3.8) is 0 Å². The minimum absolute atomic E-state index is 0.0793. The number of benzene rings is 1. The minimum atomic E-state index is -0.189. The molecule has 0 fully saturated rings. The molecule has 0 saturated carbocycles. The van der Waals surface area contributed by atoms with Crippen molar-refractivity contribution < 1.29 is 4.39 Å². The van der Waals surface area contributed by atoms with Crippen LogP contribution in [0.4, 0.5) is 4.39 Å². The van der Waals surface area contributed by atoms with E-state index >= 15 is 0 Å². The Balaban J connectivity index is 2.07. The molecule has 2 aromatic rings. The third-order valence-corrected chi connectivity index (χ3v) is 5.13. The van der Waals surface area contributed by atoms with Gasteiger partial charge in [0.25, 0.3) is 0 Å². The Bertz CT molecular complexity index is 613. The number of nitrogens with one attached hydrogen (secondary N) is 1. The molecule has 0 aliphatic rings. The third kappa shape index (κ3) is 4.11. The first-order valence-electron chi connectivity index (χ1n) is 7.23. The summed E-state index contributed by atoms with van der Waals surface area (Å²) in [7, 11) is 0. The number of aromatic nitrogens is 1. The Labute approximate surface area is 130 Å². The maximum absolute atomic E-state index is 13.2. The predicted molar refractivity (Wildman–Crippen MR) is 87.2 cm³/mol. The van der Waals surface area contributed by atoms with Crippen molar-refractivity contribution >= 4 is 11.3 Å². The van der Waals surface area contributed by atoms with Gasteiger partial charge in [-0.1, -0.05) is 32.9 Å². The molecule has 0 bridgehead atoms. The lowest BCUT2D eigenvalue weighted by atomic mass is 9.98. The summed E-state index contributed by atoms with van der Waals surface area (Å²) >= 11 is 1.77. The number of aryl methyl sites for hydroxylation is 1. The van der Waals surface area contributed by atoms with Crippen molar-refractivity contribution in [3.05, 3.63) is 51.2 Å². The van der Waals surface area contributed by atoms with Gasteiger partial charge in [-0.2, -0.15) is 0 Å². The van der Waals surface area contributed by atoms with Gasteiger partial charge >= 0.3 is 0 Å². The number of hydrogen-bond donors (Lipinski definition) is 1. The molecule has 2 rings (SSSR count). The average molecular weight is 306 g/mol. The van der Waals surface area contributed by atoms with Crippen LogP contribution in [0.1, 0.15) is 54.9 Å². The summed E-state index contributed by atoms with van der Waals surface area (Å²) in [4.78, 5) is 5.95. The molecular formula is C17H23FN2S. The van der Waals surface area contributed by atoms with E-state index in [0.29, 0.717) is 6.54 Å². The molecule has 0 spiro atoms. The first-order valence-corrected chi connectivity index (χ1v) is 8.04. The molecular weight excluding hydrogens is 283 g/mol. The van der Waals surface area contributed by atoms with Crippen LogP contribution >= 0.6 is 11.3 Å². The molecule has 0 amide bonds. The van der Waals surface area contributed by atoms with Crippen LogP contribution in [0.25, 0.3) is 0 Å². The lowest BCUT2D eigenvalue weighted by molar-refractivity contribution is 0.572. The molecule has 0 aliphatic carbocycles. The zero-order valence-corrected chi connectivity index (χ0v) is 14.1. The monoisotopic (exact) mass is 306 g/mol. The highest BCUT2D eigenvalue weighted by Gasteiger charge is 2.22. The van der Waals surface area contributed by atoms with Crippen molar-refractivity contribution in [1.82, 2.24) is 10.3 Å². The standard InChI is InChI=1S/C17H23FN2S/c1-11(19-10-13-7-6-8-14(18)9-13)15-12(2)20-16(21-15)17(3,4)5/h6-9,11,19H,10H2,1-5H3. The molecule has 1 aromatic heterocycles. The molecule has 4 heteroatoms. The smallest absolute Gasteiger partial charge is 0.123 e. The van der Waals surface area contributed by atoms with Crippen molar-refractivity contribution in [2.75, 3.05) is 0 Å². The molecule has 2 nitrogen and oxygen atoms in total. The lowest BCUT2D eigenvalue weighted by Crippen LogP contribution is -2.18. The SMILES string of the molecule is Cc1nc(C(C)(C)C)sc1C(C)NCc1cccc(F)c1. The Morgan fingerprint density at radius 1 is 1.33 bits per heavy atom. The number of halogens is 1. The maximum Gasteiger partial charge on any atom is 0.123 e. The van der Waals surface area contributed by atoms with Gasteiger partial charge < -0.3 is 5.32 Å². The normalized spacial score (nSPS) is 13.4. The summed E-state index contributed by atoms with van der Waals surface area (Å²) in [5.41, 5.74) is 2.12. The highest BCUT2D eigenvalue weighted by Crippen LogP contribution is 2.32. The van der Waals surface area contributed by atoms with Crippen LogP contribution in [0, 0.1) is 12.7 Å². The summed E-state index contributed by atoms with van der Waals surface area (Å²) in [6, 6.07) is 6.92. The van der Waals surface area contributed by atoms with Crippen LogP contribution < -0.4 is 5.32 Å². The van der Waals surface area contributed by atoms with Crippen molar-refractivity contribution in [2.45, 2.75) is 52.6 Å². The fourth-order valence-corrected chi connectivity index (χ4v) is 3.29. The van der Waals surface area contributed by atoms with E-state index < -0.39 is 0 Å². The second-order valence-corrected chi connectivity index (χ2v) is 7.48. The fraction of sp³-hybridized carbons (Fsp3) is 0.471. The molecule has 0 aliphatic heterocycles. The van der Waals surface area contributed by atoms with Crippen LogP contribution in [0.5, 0.6) is 0 Å². The molecule has 1 N–H and O–H groups in total. The van der Waals surface area contributed by atoms with Gasteiger partial charge in [0.05, 0.1) is 10.7 Å². The number of rotatable bonds is 4. The predicted octanol–water partition coefficient (Wildman–Crippen LogP) is 4.74. The van der Waals surface area contributed by atoms with Gasteiger partial charge in [0, 0.05) is 22.9 Å². The Morgan fingerprint density at radius 3 is 2.62 bits per heavy atom. The van der Waals surface area contributed by atoms with E-state index in [1.54, 1.807) is 23.5 Å². The van der Waals surface area contributed by atoms with Crippen LogP contribution in [-0.2, 0) is 12.0 Å². The summed E-state index contributed by atoms with van der Waals surface area (Å²) < 4.78 is 13.2. The lowest BCUT2D eigenvalue weighted by Gasteiger charge is -2.14. The van der Waals surface area contributed by atoms with Crippen molar-refractivity contribution in [1.29, 1.82) is 0 Å². The van der Waals surface area contributed by atoms with E-state index in [1.807, 2.05) is 6.07 Å². The fourth-order valence-electron chi connectivity index (χ4n) is 2.14. The van der Waals surface area contributed by atoms with Gasteiger partial charge in [0.1, 0.15) is 5.82 Å². The van der Waals surface area contributed by atoms with E-state index in [1.165, 1.54) is 10.9 Å². The number of nitrogens with zero attached hydrogens (tertiary/aromatic N) is 1. The number of hydrogen-bond acceptors (Lipinski definition) is 3. The minimum Gasteiger partial charge on any atom is -0.305 e. The van der Waals surface area contributed by atoms with Gasteiger partial charge in [-0.25, -0.2) is 9.37 Å². The van der Waals surface area contributed by atoms with E-state index in [4.69, 9.17) is 4.98 Å². The Morgan fingerprint density at radius 2 is 2.05 bits per heavy atom. The van der Waals surface area contributed by atoms with Crippen LogP contribution in [0.15, 0.2) is 24.3 Å². The van der Waals surface area contributed by atoms with Gasteiger partial charge in [-0.05, 0) is 31.5 Å². The largest absolute Gasteiger partial charge is 0.305 e. The Kier molecular flexibility index (Phi) is 4.79. The summed E-state index contributed by atoms with van der Waals surface area (Å²) in [5.74, 6) is -0.189. The Hall–Kier alpha value is -1.26. The highest BCUT2D eigenvalue weighted by atomic mass is 32.1. The highest BCUT2D eigenvalue weighted by molar-refractivity contribution is 7.12. The second-order valence-electron chi connectivity index (χ2n) is 6.45. The summed E-state index contributed by atoms with van der Waals surface area (Å²) in [6.45, 7) is 11.4. The molecule has 1 atom stereocenters. The number of thiazole rings is 1. The van der Waals surface area contributed by atoms with E-state index in [0.717, 1.165) is 16.3 Å².